The maximum absolute atomic E-state index is 12.7. The Hall–Kier alpha value is -2.83. The first-order valence-electron chi connectivity index (χ1n) is 7.47. The van der Waals surface area contributed by atoms with Gasteiger partial charge in [0.05, 0.1) is 18.0 Å². The number of carbonyl (C=O) groups excluding carboxylic acids is 1. The summed E-state index contributed by atoms with van der Waals surface area (Å²) >= 11 is 0. The third-order valence-electron chi connectivity index (χ3n) is 3.98. The van der Waals surface area contributed by atoms with Gasteiger partial charge in [-0.05, 0) is 31.9 Å². The van der Waals surface area contributed by atoms with E-state index in [1.54, 1.807) is 29.4 Å². The van der Waals surface area contributed by atoms with Gasteiger partial charge in [0, 0.05) is 18.7 Å². The molecule has 7 nitrogen and oxygen atoms in total. The molecule has 1 saturated heterocycles. The van der Waals surface area contributed by atoms with Crippen molar-refractivity contribution in [3.05, 3.63) is 47.7 Å². The van der Waals surface area contributed by atoms with Gasteiger partial charge in [0.15, 0.2) is 17.2 Å². The van der Waals surface area contributed by atoms with Crippen molar-refractivity contribution in [2.45, 2.75) is 25.8 Å². The fourth-order valence-electron chi connectivity index (χ4n) is 2.90. The van der Waals surface area contributed by atoms with Crippen LogP contribution in [0.3, 0.4) is 0 Å². The molecular formula is C16H15N3O4. The van der Waals surface area contributed by atoms with Crippen LogP contribution in [0, 0.1) is 6.92 Å². The van der Waals surface area contributed by atoms with Crippen LogP contribution in [0.5, 0.6) is 0 Å². The normalized spacial score (nSPS) is 17.8. The smallest absolute Gasteiger partial charge is 0.276 e. The highest BCUT2D eigenvalue weighted by Gasteiger charge is 2.34. The third-order valence-corrected chi connectivity index (χ3v) is 3.98. The van der Waals surface area contributed by atoms with Crippen molar-refractivity contribution in [3.63, 3.8) is 0 Å². The molecule has 3 aromatic rings. The van der Waals surface area contributed by atoms with Crippen molar-refractivity contribution in [1.82, 2.24) is 15.2 Å². The van der Waals surface area contributed by atoms with Crippen molar-refractivity contribution < 1.29 is 18.3 Å². The summed E-state index contributed by atoms with van der Waals surface area (Å²) in [5.41, 5.74) is 1.07. The first-order chi connectivity index (χ1) is 11.2. The van der Waals surface area contributed by atoms with Crippen molar-refractivity contribution in [1.29, 1.82) is 0 Å². The van der Waals surface area contributed by atoms with Crippen LogP contribution in [0.2, 0.25) is 0 Å². The second-order valence-corrected chi connectivity index (χ2v) is 5.58. The number of nitrogens with zero attached hydrogens (tertiary/aromatic N) is 3. The van der Waals surface area contributed by atoms with Crippen LogP contribution in [-0.2, 0) is 0 Å². The van der Waals surface area contributed by atoms with Crippen LogP contribution in [0.1, 0.15) is 40.8 Å². The van der Waals surface area contributed by atoms with E-state index in [2.05, 4.69) is 10.3 Å². The van der Waals surface area contributed by atoms with E-state index in [1.165, 1.54) is 0 Å². The monoisotopic (exact) mass is 313 g/mol. The minimum absolute atomic E-state index is 0.104. The van der Waals surface area contributed by atoms with Gasteiger partial charge in [-0.2, -0.15) is 0 Å². The summed E-state index contributed by atoms with van der Waals surface area (Å²) in [6.45, 7) is 2.52. The molecule has 0 unspecified atom stereocenters. The van der Waals surface area contributed by atoms with E-state index in [4.69, 9.17) is 13.5 Å². The van der Waals surface area contributed by atoms with E-state index in [1.807, 2.05) is 13.0 Å². The Labute approximate surface area is 131 Å². The van der Waals surface area contributed by atoms with Gasteiger partial charge < -0.3 is 18.4 Å². The average Bonchev–Trinajstić information content (AvgIpc) is 3.31. The Kier molecular flexibility index (Phi) is 3.25. The Morgan fingerprint density at radius 3 is 2.91 bits per heavy atom. The summed E-state index contributed by atoms with van der Waals surface area (Å²) in [5.74, 6) is 1.51. The van der Waals surface area contributed by atoms with E-state index in [0.717, 1.165) is 18.5 Å². The summed E-state index contributed by atoms with van der Waals surface area (Å²) in [6, 6.07) is 6.87. The SMILES string of the molecule is Cc1cc([C@H]2CCCN2C(=O)c2cc(-c3ccco3)on2)on1. The second-order valence-electron chi connectivity index (χ2n) is 5.58. The Bertz CT molecular complexity index is 818. The number of aromatic nitrogens is 2. The molecule has 118 valence electrons. The summed E-state index contributed by atoms with van der Waals surface area (Å²) in [5, 5.41) is 7.78. The summed E-state index contributed by atoms with van der Waals surface area (Å²) in [4.78, 5) is 14.5. The molecule has 0 radical (unpaired) electrons. The molecule has 23 heavy (non-hydrogen) atoms. The van der Waals surface area contributed by atoms with Gasteiger partial charge in [0.1, 0.15) is 0 Å². The van der Waals surface area contributed by atoms with Gasteiger partial charge in [-0.3, -0.25) is 4.79 Å². The van der Waals surface area contributed by atoms with Gasteiger partial charge in [0.25, 0.3) is 5.91 Å². The van der Waals surface area contributed by atoms with E-state index >= 15 is 0 Å². The molecule has 4 heterocycles. The zero-order valence-corrected chi connectivity index (χ0v) is 12.6. The highest BCUT2D eigenvalue weighted by atomic mass is 16.5. The molecule has 3 aromatic heterocycles. The molecule has 0 spiro atoms. The lowest BCUT2D eigenvalue weighted by Gasteiger charge is -2.21. The number of carbonyl (C=O) groups is 1. The van der Waals surface area contributed by atoms with Gasteiger partial charge in [-0.1, -0.05) is 10.3 Å². The molecule has 0 bridgehead atoms. The Morgan fingerprint density at radius 2 is 2.17 bits per heavy atom. The molecule has 0 aliphatic carbocycles. The average molecular weight is 313 g/mol. The zero-order valence-electron chi connectivity index (χ0n) is 12.6. The lowest BCUT2D eigenvalue weighted by molar-refractivity contribution is 0.0704. The van der Waals surface area contributed by atoms with Crippen LogP contribution in [0.15, 0.2) is 44.0 Å². The second kappa shape index (κ2) is 5.42. The van der Waals surface area contributed by atoms with E-state index < -0.39 is 0 Å². The predicted octanol–water partition coefficient (Wildman–Crippen LogP) is 3.21. The largest absolute Gasteiger partial charge is 0.461 e. The topological polar surface area (TPSA) is 85.5 Å². The number of hydrogen-bond acceptors (Lipinski definition) is 6. The first-order valence-corrected chi connectivity index (χ1v) is 7.47. The molecular weight excluding hydrogens is 298 g/mol. The summed E-state index contributed by atoms with van der Waals surface area (Å²) < 4.78 is 15.8. The Morgan fingerprint density at radius 1 is 1.26 bits per heavy atom. The van der Waals surface area contributed by atoms with Gasteiger partial charge >= 0.3 is 0 Å². The minimum Gasteiger partial charge on any atom is -0.461 e. The van der Waals surface area contributed by atoms with E-state index in [9.17, 15) is 4.79 Å². The third kappa shape index (κ3) is 2.44. The number of likely N-dealkylation sites (tertiary alicyclic amines) is 1. The van der Waals surface area contributed by atoms with Crippen molar-refractivity contribution >= 4 is 5.91 Å². The number of furan rings is 1. The maximum Gasteiger partial charge on any atom is 0.276 e. The van der Waals surface area contributed by atoms with Crippen LogP contribution < -0.4 is 0 Å². The minimum atomic E-state index is -0.178. The lowest BCUT2D eigenvalue weighted by atomic mass is 10.1. The Balaban J connectivity index is 1.58. The molecule has 1 aliphatic heterocycles. The molecule has 7 heteroatoms. The highest BCUT2D eigenvalue weighted by Crippen LogP contribution is 2.33. The quantitative estimate of drug-likeness (QED) is 0.738. The molecule has 1 fully saturated rings. The standard InChI is InChI=1S/C16H15N3O4/c1-10-8-14(22-17-10)12-4-2-6-19(12)16(20)11-9-15(23-18-11)13-5-3-7-21-13/h3,5,7-9,12H,2,4,6H2,1H3/t12-/m1/s1. The van der Waals surface area contributed by atoms with Crippen molar-refractivity contribution in [3.8, 4) is 11.5 Å². The fraction of sp³-hybridized carbons (Fsp3) is 0.312. The fourth-order valence-corrected chi connectivity index (χ4v) is 2.90. The van der Waals surface area contributed by atoms with Crippen LogP contribution in [0.25, 0.3) is 11.5 Å². The molecule has 4 rings (SSSR count). The van der Waals surface area contributed by atoms with Crippen molar-refractivity contribution in [2.24, 2.45) is 0 Å². The molecule has 1 amide bonds. The molecule has 0 aromatic carbocycles. The maximum atomic E-state index is 12.7. The molecule has 1 aliphatic rings. The highest BCUT2D eigenvalue weighted by molar-refractivity contribution is 5.93. The summed E-state index contributed by atoms with van der Waals surface area (Å²) in [6.07, 6.45) is 3.31. The number of rotatable bonds is 3. The van der Waals surface area contributed by atoms with Gasteiger partial charge in [-0.15, -0.1) is 0 Å². The first kappa shape index (κ1) is 13.8. The van der Waals surface area contributed by atoms with E-state index in [-0.39, 0.29) is 17.6 Å². The predicted molar refractivity (Wildman–Crippen MR) is 78.5 cm³/mol. The number of hydrogen-bond donors (Lipinski definition) is 0. The van der Waals surface area contributed by atoms with Gasteiger partial charge in [0.2, 0.25) is 5.76 Å². The number of aryl methyl sites for hydroxylation is 1. The van der Waals surface area contributed by atoms with Gasteiger partial charge in [-0.25, -0.2) is 0 Å². The van der Waals surface area contributed by atoms with Crippen LogP contribution in [-0.4, -0.2) is 27.7 Å². The van der Waals surface area contributed by atoms with Crippen LogP contribution >= 0.6 is 0 Å². The lowest BCUT2D eigenvalue weighted by Crippen LogP contribution is -2.30. The zero-order chi connectivity index (χ0) is 15.8. The molecule has 0 N–H and O–H groups in total. The summed E-state index contributed by atoms with van der Waals surface area (Å²) in [7, 11) is 0. The van der Waals surface area contributed by atoms with Crippen LogP contribution in [0.4, 0.5) is 0 Å². The van der Waals surface area contributed by atoms with Crippen molar-refractivity contribution in [2.75, 3.05) is 6.54 Å². The molecule has 1 atom stereocenters. The number of amides is 1. The molecule has 0 saturated carbocycles. The van der Waals surface area contributed by atoms with E-state index in [0.29, 0.717) is 23.8 Å².